The molecule has 0 unspecified atom stereocenters. The standard InChI is InChI=1S/C18H15N5OS2/c1-12(16(24)20-15-9-5-6-13(10-15)11-19)25-18-23-22-17(26-18)21-14-7-3-2-4-8-14/h2-10,12H,1H3,(H,20,24)(H,21,22)/t12-/m0/s1. The van der Waals surface area contributed by atoms with Crippen molar-refractivity contribution in [3.05, 3.63) is 60.2 Å². The first-order valence-corrected chi connectivity index (χ1v) is 9.47. The molecule has 3 aromatic rings. The van der Waals surface area contributed by atoms with Crippen LogP contribution in [0.1, 0.15) is 12.5 Å². The van der Waals surface area contributed by atoms with E-state index in [0.29, 0.717) is 20.7 Å². The van der Waals surface area contributed by atoms with Crippen LogP contribution in [0.25, 0.3) is 0 Å². The van der Waals surface area contributed by atoms with Crippen LogP contribution in [0.3, 0.4) is 0 Å². The molecule has 0 aliphatic carbocycles. The van der Waals surface area contributed by atoms with Gasteiger partial charge in [-0.25, -0.2) is 0 Å². The van der Waals surface area contributed by atoms with Crippen LogP contribution in [0.15, 0.2) is 58.9 Å². The number of nitrogens with one attached hydrogen (secondary N) is 2. The van der Waals surface area contributed by atoms with Crippen LogP contribution < -0.4 is 10.6 Å². The number of nitriles is 1. The topological polar surface area (TPSA) is 90.7 Å². The van der Waals surface area contributed by atoms with Gasteiger partial charge >= 0.3 is 0 Å². The molecule has 1 heterocycles. The molecule has 3 rings (SSSR count). The van der Waals surface area contributed by atoms with Crippen LogP contribution >= 0.6 is 23.1 Å². The third kappa shape index (κ3) is 4.81. The third-order valence-corrected chi connectivity index (χ3v) is 5.36. The first-order valence-electron chi connectivity index (χ1n) is 7.77. The minimum absolute atomic E-state index is 0.155. The number of hydrogen-bond donors (Lipinski definition) is 2. The molecule has 130 valence electrons. The third-order valence-electron chi connectivity index (χ3n) is 3.34. The van der Waals surface area contributed by atoms with E-state index < -0.39 is 0 Å². The SMILES string of the molecule is C[C@H](Sc1nnc(Nc2ccccc2)s1)C(=O)Nc1cccc(C#N)c1. The Morgan fingerprint density at radius 2 is 1.92 bits per heavy atom. The van der Waals surface area contributed by atoms with Gasteiger partial charge in [0.25, 0.3) is 0 Å². The zero-order chi connectivity index (χ0) is 18.4. The van der Waals surface area contributed by atoms with Crippen LogP contribution in [0, 0.1) is 11.3 Å². The maximum atomic E-state index is 12.3. The van der Waals surface area contributed by atoms with Gasteiger partial charge in [0.1, 0.15) is 0 Å². The fraction of sp³-hybridized carbons (Fsp3) is 0.111. The Kier molecular flexibility index (Phi) is 5.84. The number of aromatic nitrogens is 2. The quantitative estimate of drug-likeness (QED) is 0.620. The van der Waals surface area contributed by atoms with Gasteiger partial charge in [-0.3, -0.25) is 4.79 Å². The number of anilines is 3. The number of rotatable bonds is 6. The Hall–Kier alpha value is -2.89. The molecule has 0 saturated heterocycles. The summed E-state index contributed by atoms with van der Waals surface area (Å²) in [5, 5.41) is 23.5. The fourth-order valence-corrected chi connectivity index (χ4v) is 3.98. The zero-order valence-corrected chi connectivity index (χ0v) is 15.5. The number of carbonyl (C=O) groups excluding carboxylic acids is 1. The summed E-state index contributed by atoms with van der Waals surface area (Å²) < 4.78 is 0.705. The van der Waals surface area contributed by atoms with Crippen molar-refractivity contribution in [2.24, 2.45) is 0 Å². The summed E-state index contributed by atoms with van der Waals surface area (Å²) in [6, 6.07) is 18.6. The summed E-state index contributed by atoms with van der Waals surface area (Å²) in [7, 11) is 0. The minimum atomic E-state index is -0.349. The van der Waals surface area contributed by atoms with E-state index in [1.165, 1.54) is 23.1 Å². The van der Waals surface area contributed by atoms with Crippen molar-refractivity contribution in [2.75, 3.05) is 10.6 Å². The van der Waals surface area contributed by atoms with Gasteiger partial charge in [0, 0.05) is 11.4 Å². The van der Waals surface area contributed by atoms with E-state index in [2.05, 4.69) is 26.9 Å². The van der Waals surface area contributed by atoms with E-state index in [0.717, 1.165) is 5.69 Å². The molecular weight excluding hydrogens is 366 g/mol. The number of hydrogen-bond acceptors (Lipinski definition) is 7. The van der Waals surface area contributed by atoms with Gasteiger partial charge in [-0.05, 0) is 37.3 Å². The van der Waals surface area contributed by atoms with Gasteiger partial charge in [0.2, 0.25) is 11.0 Å². The number of thioether (sulfide) groups is 1. The van der Waals surface area contributed by atoms with Crippen LogP contribution in [0.5, 0.6) is 0 Å². The molecule has 0 aliphatic rings. The largest absolute Gasteiger partial charge is 0.330 e. The van der Waals surface area contributed by atoms with Crippen molar-refractivity contribution in [3.8, 4) is 6.07 Å². The van der Waals surface area contributed by atoms with Gasteiger partial charge < -0.3 is 10.6 Å². The second-order valence-corrected chi connectivity index (χ2v) is 7.87. The zero-order valence-electron chi connectivity index (χ0n) is 13.8. The predicted molar refractivity (Wildman–Crippen MR) is 105 cm³/mol. The van der Waals surface area contributed by atoms with Crippen LogP contribution in [0.2, 0.25) is 0 Å². The molecule has 0 saturated carbocycles. The summed E-state index contributed by atoms with van der Waals surface area (Å²) in [4.78, 5) is 12.3. The van der Waals surface area contributed by atoms with Crippen molar-refractivity contribution >= 4 is 45.5 Å². The van der Waals surface area contributed by atoms with Crippen molar-refractivity contribution in [3.63, 3.8) is 0 Å². The average Bonchev–Trinajstić information content (AvgIpc) is 3.09. The summed E-state index contributed by atoms with van der Waals surface area (Å²) in [5.41, 5.74) is 2.04. The summed E-state index contributed by atoms with van der Waals surface area (Å²) in [6.07, 6.45) is 0. The molecule has 1 atom stereocenters. The summed E-state index contributed by atoms with van der Waals surface area (Å²) in [6.45, 7) is 1.81. The lowest BCUT2D eigenvalue weighted by Crippen LogP contribution is -2.22. The molecule has 6 nitrogen and oxygen atoms in total. The normalized spacial score (nSPS) is 11.4. The number of para-hydroxylation sites is 1. The first kappa shape index (κ1) is 17.9. The molecule has 0 spiro atoms. The Labute approximate surface area is 159 Å². The maximum Gasteiger partial charge on any atom is 0.237 e. The number of nitrogens with zero attached hydrogens (tertiary/aromatic N) is 3. The number of benzene rings is 2. The second kappa shape index (κ2) is 8.47. The van der Waals surface area contributed by atoms with E-state index in [-0.39, 0.29) is 11.2 Å². The molecule has 26 heavy (non-hydrogen) atoms. The number of carbonyl (C=O) groups is 1. The number of amides is 1. The van der Waals surface area contributed by atoms with Gasteiger partial charge in [-0.15, -0.1) is 10.2 Å². The highest BCUT2D eigenvalue weighted by molar-refractivity contribution is 8.02. The highest BCUT2D eigenvalue weighted by Gasteiger charge is 2.17. The lowest BCUT2D eigenvalue weighted by atomic mass is 10.2. The lowest BCUT2D eigenvalue weighted by Gasteiger charge is -2.10. The van der Waals surface area contributed by atoms with Crippen molar-refractivity contribution in [1.29, 1.82) is 5.26 Å². The molecule has 1 aromatic heterocycles. The summed E-state index contributed by atoms with van der Waals surface area (Å²) >= 11 is 2.73. The Bertz CT molecular complexity index is 936. The van der Waals surface area contributed by atoms with Gasteiger partial charge in [-0.1, -0.05) is 47.4 Å². The van der Waals surface area contributed by atoms with Gasteiger partial charge in [0.05, 0.1) is 16.9 Å². The smallest absolute Gasteiger partial charge is 0.237 e. The second-order valence-electron chi connectivity index (χ2n) is 5.31. The fourth-order valence-electron chi connectivity index (χ4n) is 2.07. The van der Waals surface area contributed by atoms with E-state index >= 15 is 0 Å². The molecule has 0 bridgehead atoms. The molecule has 8 heteroatoms. The Morgan fingerprint density at radius 3 is 2.69 bits per heavy atom. The first-order chi connectivity index (χ1) is 12.6. The highest BCUT2D eigenvalue weighted by Crippen LogP contribution is 2.30. The molecule has 0 aliphatic heterocycles. The van der Waals surface area contributed by atoms with Crippen molar-refractivity contribution < 1.29 is 4.79 Å². The van der Waals surface area contributed by atoms with E-state index in [1.54, 1.807) is 31.2 Å². The van der Waals surface area contributed by atoms with Crippen molar-refractivity contribution in [1.82, 2.24) is 10.2 Å². The van der Waals surface area contributed by atoms with Crippen LogP contribution in [-0.4, -0.2) is 21.4 Å². The molecule has 0 radical (unpaired) electrons. The summed E-state index contributed by atoms with van der Waals surface area (Å²) in [5.74, 6) is -0.155. The predicted octanol–water partition coefficient (Wildman–Crippen LogP) is 4.27. The Balaban J connectivity index is 1.58. The van der Waals surface area contributed by atoms with Crippen LogP contribution in [0.4, 0.5) is 16.5 Å². The van der Waals surface area contributed by atoms with E-state index in [9.17, 15) is 4.79 Å². The average molecular weight is 381 g/mol. The Morgan fingerprint density at radius 1 is 1.15 bits per heavy atom. The lowest BCUT2D eigenvalue weighted by molar-refractivity contribution is -0.115. The maximum absolute atomic E-state index is 12.3. The van der Waals surface area contributed by atoms with Gasteiger partial charge in [-0.2, -0.15) is 5.26 Å². The van der Waals surface area contributed by atoms with Gasteiger partial charge in [0.15, 0.2) is 4.34 Å². The molecule has 1 amide bonds. The van der Waals surface area contributed by atoms with E-state index in [1.807, 2.05) is 30.3 Å². The monoisotopic (exact) mass is 381 g/mol. The van der Waals surface area contributed by atoms with Crippen LogP contribution in [-0.2, 0) is 4.79 Å². The highest BCUT2D eigenvalue weighted by atomic mass is 32.2. The minimum Gasteiger partial charge on any atom is -0.330 e. The molecule has 0 fully saturated rings. The molecule has 2 aromatic carbocycles. The van der Waals surface area contributed by atoms with Crippen molar-refractivity contribution in [2.45, 2.75) is 16.5 Å². The molecule has 2 N–H and O–H groups in total. The molecular formula is C18H15N5OS2. The van der Waals surface area contributed by atoms with E-state index in [4.69, 9.17) is 5.26 Å².